The van der Waals surface area contributed by atoms with Gasteiger partial charge in [-0.3, -0.25) is 0 Å². The van der Waals surface area contributed by atoms with E-state index >= 15 is 0 Å². The summed E-state index contributed by atoms with van der Waals surface area (Å²) in [4.78, 5) is 0.0470. The van der Waals surface area contributed by atoms with Crippen LogP contribution in [0, 0.1) is 5.82 Å². The normalized spacial score (nSPS) is 17.0. The fourth-order valence-corrected chi connectivity index (χ4v) is 5.30. The Hall–Kier alpha value is -2.84. The van der Waals surface area contributed by atoms with Crippen LogP contribution in [-0.4, -0.2) is 38.1 Å². The highest BCUT2D eigenvalue weighted by Crippen LogP contribution is 2.41. The summed E-state index contributed by atoms with van der Waals surface area (Å²) in [5, 5.41) is 0. The summed E-state index contributed by atoms with van der Waals surface area (Å²) in [7, 11) is -0.779. The molecule has 0 fully saturated rings. The molecule has 1 unspecified atom stereocenters. The molecule has 2 heterocycles. The molecule has 0 spiro atoms. The highest BCUT2D eigenvalue weighted by atomic mass is 32.2. The van der Waals surface area contributed by atoms with Crippen LogP contribution in [0.2, 0.25) is 0 Å². The number of ether oxygens (including phenoxy) is 2. The molecule has 6 nitrogen and oxygen atoms in total. The van der Waals surface area contributed by atoms with Crippen molar-refractivity contribution in [2.45, 2.75) is 17.5 Å². The molecule has 4 rings (SSSR count). The van der Waals surface area contributed by atoms with E-state index in [4.69, 9.17) is 9.47 Å². The lowest BCUT2D eigenvalue weighted by atomic mass is 10.0. The van der Waals surface area contributed by atoms with Gasteiger partial charge in [0.15, 0.2) is 0 Å². The second kappa shape index (κ2) is 7.53. The zero-order chi connectivity index (χ0) is 20.6. The van der Waals surface area contributed by atoms with E-state index in [0.29, 0.717) is 23.6 Å². The number of benzene rings is 2. The smallest absolute Gasteiger partial charge is 0.244 e. The summed E-state index contributed by atoms with van der Waals surface area (Å²) < 4.78 is 54.7. The zero-order valence-electron chi connectivity index (χ0n) is 16.1. The molecule has 152 valence electrons. The van der Waals surface area contributed by atoms with E-state index in [1.54, 1.807) is 32.4 Å². The van der Waals surface area contributed by atoms with E-state index in [9.17, 15) is 12.8 Å². The van der Waals surface area contributed by atoms with Crippen LogP contribution in [-0.2, 0) is 16.6 Å². The molecule has 1 aliphatic rings. The van der Waals surface area contributed by atoms with E-state index in [1.807, 2.05) is 22.9 Å². The number of halogens is 1. The van der Waals surface area contributed by atoms with Crippen LogP contribution in [0.15, 0.2) is 65.7 Å². The minimum absolute atomic E-state index is 0.0470. The van der Waals surface area contributed by atoms with Crippen molar-refractivity contribution >= 4 is 10.0 Å². The average molecular weight is 416 g/mol. The van der Waals surface area contributed by atoms with Crippen molar-refractivity contribution in [2.24, 2.45) is 0 Å². The van der Waals surface area contributed by atoms with Crippen LogP contribution in [0.4, 0.5) is 4.39 Å². The lowest BCUT2D eigenvalue weighted by Gasteiger charge is -2.37. The van der Waals surface area contributed by atoms with Gasteiger partial charge in [-0.25, -0.2) is 12.8 Å². The quantitative estimate of drug-likeness (QED) is 0.639. The monoisotopic (exact) mass is 416 g/mol. The largest absolute Gasteiger partial charge is 0.497 e. The average Bonchev–Trinajstić information content (AvgIpc) is 3.21. The molecule has 1 aliphatic heterocycles. The van der Waals surface area contributed by atoms with Crippen LogP contribution in [0.5, 0.6) is 11.5 Å². The third kappa shape index (κ3) is 3.38. The molecule has 0 radical (unpaired) electrons. The lowest BCUT2D eigenvalue weighted by molar-refractivity contribution is 0.289. The molecule has 0 saturated carbocycles. The summed E-state index contributed by atoms with van der Waals surface area (Å²) >= 11 is 0. The standard InChI is InChI=1S/C21H21FN2O4S/c1-27-16-7-10-20(28-2)18(14-16)21-19-4-3-11-23(19)12-13-24(21)29(25,26)17-8-5-15(22)6-9-17/h3-11,14,21H,12-13H2,1-2H3. The van der Waals surface area contributed by atoms with Crippen LogP contribution in [0.1, 0.15) is 17.3 Å². The van der Waals surface area contributed by atoms with E-state index in [2.05, 4.69) is 0 Å². The van der Waals surface area contributed by atoms with E-state index in [1.165, 1.54) is 16.4 Å². The maximum atomic E-state index is 13.5. The molecule has 1 aromatic heterocycles. The Morgan fingerprint density at radius 2 is 1.76 bits per heavy atom. The number of aromatic nitrogens is 1. The second-order valence-electron chi connectivity index (χ2n) is 6.71. The second-order valence-corrected chi connectivity index (χ2v) is 8.60. The predicted molar refractivity (Wildman–Crippen MR) is 106 cm³/mol. The number of nitrogens with zero attached hydrogens (tertiary/aromatic N) is 2. The maximum Gasteiger partial charge on any atom is 0.244 e. The highest BCUT2D eigenvalue weighted by Gasteiger charge is 2.39. The SMILES string of the molecule is COc1ccc(OC)c(C2c3cccn3CCN2S(=O)(=O)c2ccc(F)cc2)c1. The summed E-state index contributed by atoms with van der Waals surface area (Å²) in [6, 6.07) is 13.4. The molecule has 1 atom stereocenters. The molecular weight excluding hydrogens is 395 g/mol. The Morgan fingerprint density at radius 1 is 1.00 bits per heavy atom. The van der Waals surface area contributed by atoms with Gasteiger partial charge in [0.05, 0.1) is 25.2 Å². The van der Waals surface area contributed by atoms with Gasteiger partial charge in [0.1, 0.15) is 17.3 Å². The van der Waals surface area contributed by atoms with Crippen LogP contribution in [0.3, 0.4) is 0 Å². The van der Waals surface area contributed by atoms with E-state index in [-0.39, 0.29) is 11.4 Å². The molecule has 0 saturated heterocycles. The Kier molecular flexibility index (Phi) is 5.06. The van der Waals surface area contributed by atoms with Crippen molar-refractivity contribution in [1.29, 1.82) is 0 Å². The minimum atomic E-state index is -3.88. The first-order chi connectivity index (χ1) is 14.0. The number of fused-ring (bicyclic) bond motifs is 1. The van der Waals surface area contributed by atoms with Crippen molar-refractivity contribution in [3.05, 3.63) is 77.9 Å². The molecule has 3 aromatic rings. The van der Waals surface area contributed by atoms with Crippen molar-refractivity contribution in [3.63, 3.8) is 0 Å². The Bertz CT molecular complexity index is 1130. The number of methoxy groups -OCH3 is 2. The predicted octanol–water partition coefficient (Wildman–Crippen LogP) is 3.44. The van der Waals surface area contributed by atoms with Gasteiger partial charge in [-0.15, -0.1) is 0 Å². The molecular formula is C21H21FN2O4S. The van der Waals surface area contributed by atoms with E-state index < -0.39 is 21.9 Å². The van der Waals surface area contributed by atoms with Crippen molar-refractivity contribution in [2.75, 3.05) is 20.8 Å². The van der Waals surface area contributed by atoms with Gasteiger partial charge in [0, 0.05) is 30.5 Å². The topological polar surface area (TPSA) is 60.8 Å². The first-order valence-corrected chi connectivity index (χ1v) is 10.5. The summed E-state index contributed by atoms with van der Waals surface area (Å²) in [5.74, 6) is 0.677. The zero-order valence-corrected chi connectivity index (χ0v) is 16.9. The highest BCUT2D eigenvalue weighted by molar-refractivity contribution is 7.89. The summed E-state index contributed by atoms with van der Waals surface area (Å²) in [5.41, 5.74) is 1.51. The molecule has 0 N–H and O–H groups in total. The third-order valence-electron chi connectivity index (χ3n) is 5.15. The van der Waals surface area contributed by atoms with Gasteiger partial charge in [-0.1, -0.05) is 0 Å². The Labute approximate surface area is 169 Å². The molecule has 8 heteroatoms. The van der Waals surface area contributed by atoms with Gasteiger partial charge in [-0.05, 0) is 54.6 Å². The van der Waals surface area contributed by atoms with Crippen molar-refractivity contribution in [1.82, 2.24) is 8.87 Å². The van der Waals surface area contributed by atoms with Gasteiger partial charge in [-0.2, -0.15) is 4.31 Å². The molecule has 0 bridgehead atoms. The first-order valence-electron chi connectivity index (χ1n) is 9.10. The number of hydrogen-bond acceptors (Lipinski definition) is 4. The van der Waals surface area contributed by atoms with Crippen LogP contribution in [0.25, 0.3) is 0 Å². The lowest BCUT2D eigenvalue weighted by Crippen LogP contribution is -2.42. The Morgan fingerprint density at radius 3 is 2.45 bits per heavy atom. The van der Waals surface area contributed by atoms with Gasteiger partial charge < -0.3 is 14.0 Å². The minimum Gasteiger partial charge on any atom is -0.497 e. The number of rotatable bonds is 5. The van der Waals surface area contributed by atoms with Gasteiger partial charge >= 0.3 is 0 Å². The maximum absolute atomic E-state index is 13.5. The summed E-state index contributed by atoms with van der Waals surface area (Å²) in [6.07, 6.45) is 1.93. The Balaban J connectivity index is 1.90. The van der Waals surface area contributed by atoms with Crippen molar-refractivity contribution < 1.29 is 22.3 Å². The van der Waals surface area contributed by atoms with E-state index in [0.717, 1.165) is 17.8 Å². The summed E-state index contributed by atoms with van der Waals surface area (Å²) in [6.45, 7) is 0.790. The van der Waals surface area contributed by atoms with Crippen molar-refractivity contribution in [3.8, 4) is 11.5 Å². The number of sulfonamides is 1. The third-order valence-corrected chi connectivity index (χ3v) is 7.02. The first kappa shape index (κ1) is 19.5. The molecule has 29 heavy (non-hydrogen) atoms. The fourth-order valence-electron chi connectivity index (χ4n) is 3.73. The van der Waals surface area contributed by atoms with Gasteiger partial charge in [0.25, 0.3) is 0 Å². The molecule has 0 aliphatic carbocycles. The number of hydrogen-bond donors (Lipinski definition) is 0. The van der Waals surface area contributed by atoms with Crippen LogP contribution < -0.4 is 9.47 Å². The molecule has 2 aromatic carbocycles. The fraction of sp³-hybridized carbons (Fsp3) is 0.238. The van der Waals surface area contributed by atoms with Crippen LogP contribution >= 0.6 is 0 Å². The van der Waals surface area contributed by atoms with Gasteiger partial charge in [0.2, 0.25) is 10.0 Å². The molecule has 0 amide bonds.